The fraction of sp³-hybridized carbons (Fsp3) is 0.286. The van der Waals surface area contributed by atoms with E-state index < -0.39 is 0 Å². The molecule has 4 rings (SSSR count). The SMILES string of the molecule is CCc1ccc(N2C[C@H](c3nc(-c4ccccc4C)no3)CC2=O)cc1. The van der Waals surface area contributed by atoms with Crippen LogP contribution in [0.15, 0.2) is 53.1 Å². The Kier molecular flexibility index (Phi) is 4.29. The number of hydrogen-bond acceptors (Lipinski definition) is 4. The Labute approximate surface area is 152 Å². The average molecular weight is 347 g/mol. The van der Waals surface area contributed by atoms with Crippen molar-refractivity contribution in [1.29, 1.82) is 0 Å². The van der Waals surface area contributed by atoms with Crippen molar-refractivity contribution in [3.63, 3.8) is 0 Å². The lowest BCUT2D eigenvalue weighted by atomic mass is 10.1. The third kappa shape index (κ3) is 3.01. The molecule has 2 heterocycles. The van der Waals surface area contributed by atoms with Gasteiger partial charge in [0.15, 0.2) is 0 Å². The third-order valence-corrected chi connectivity index (χ3v) is 4.96. The fourth-order valence-corrected chi connectivity index (χ4v) is 3.37. The maximum absolute atomic E-state index is 12.5. The van der Waals surface area contributed by atoms with E-state index in [0.29, 0.717) is 24.7 Å². The number of amides is 1. The highest BCUT2D eigenvalue weighted by atomic mass is 16.5. The Morgan fingerprint density at radius 2 is 1.92 bits per heavy atom. The summed E-state index contributed by atoms with van der Waals surface area (Å²) in [6, 6.07) is 16.1. The molecule has 132 valence electrons. The van der Waals surface area contributed by atoms with Gasteiger partial charge in [-0.05, 0) is 36.6 Å². The number of carbonyl (C=O) groups excluding carboxylic acids is 1. The van der Waals surface area contributed by atoms with E-state index in [4.69, 9.17) is 4.52 Å². The van der Waals surface area contributed by atoms with E-state index >= 15 is 0 Å². The number of aromatic nitrogens is 2. The number of anilines is 1. The summed E-state index contributed by atoms with van der Waals surface area (Å²) in [5.74, 6) is 1.13. The predicted octanol–water partition coefficient (Wildman–Crippen LogP) is 4.13. The van der Waals surface area contributed by atoms with Crippen LogP contribution in [0.1, 0.15) is 36.3 Å². The fourth-order valence-electron chi connectivity index (χ4n) is 3.37. The van der Waals surface area contributed by atoms with Crippen molar-refractivity contribution >= 4 is 11.6 Å². The molecule has 0 spiro atoms. The van der Waals surface area contributed by atoms with Gasteiger partial charge >= 0.3 is 0 Å². The van der Waals surface area contributed by atoms with Crippen molar-refractivity contribution in [2.24, 2.45) is 0 Å². The van der Waals surface area contributed by atoms with Crippen LogP contribution in [0, 0.1) is 6.92 Å². The third-order valence-electron chi connectivity index (χ3n) is 4.96. The van der Waals surface area contributed by atoms with E-state index in [1.54, 1.807) is 0 Å². The maximum Gasteiger partial charge on any atom is 0.232 e. The van der Waals surface area contributed by atoms with Crippen LogP contribution >= 0.6 is 0 Å². The summed E-state index contributed by atoms with van der Waals surface area (Å²) in [4.78, 5) is 18.8. The van der Waals surface area contributed by atoms with Crippen LogP contribution in [0.4, 0.5) is 5.69 Å². The highest BCUT2D eigenvalue weighted by molar-refractivity contribution is 5.96. The van der Waals surface area contributed by atoms with Gasteiger partial charge in [0.05, 0.1) is 5.92 Å². The Balaban J connectivity index is 1.55. The summed E-state index contributed by atoms with van der Waals surface area (Å²) in [5.41, 5.74) is 4.24. The molecule has 0 N–H and O–H groups in total. The molecule has 3 aromatic rings. The van der Waals surface area contributed by atoms with Crippen molar-refractivity contribution in [3.05, 3.63) is 65.5 Å². The lowest BCUT2D eigenvalue weighted by molar-refractivity contribution is -0.117. The van der Waals surface area contributed by atoms with Crippen molar-refractivity contribution < 1.29 is 9.32 Å². The molecule has 1 saturated heterocycles. The second-order valence-corrected chi connectivity index (χ2v) is 6.70. The van der Waals surface area contributed by atoms with E-state index in [-0.39, 0.29) is 11.8 Å². The molecule has 0 bridgehead atoms. The van der Waals surface area contributed by atoms with Gasteiger partial charge in [-0.3, -0.25) is 4.79 Å². The van der Waals surface area contributed by atoms with Crippen LogP contribution in [0.5, 0.6) is 0 Å². The van der Waals surface area contributed by atoms with Crippen molar-refractivity contribution in [2.75, 3.05) is 11.4 Å². The first-order valence-electron chi connectivity index (χ1n) is 8.94. The normalized spacial score (nSPS) is 17.1. The minimum absolute atomic E-state index is 0.0707. The molecular weight excluding hydrogens is 326 g/mol. The van der Waals surface area contributed by atoms with Crippen molar-refractivity contribution in [3.8, 4) is 11.4 Å². The van der Waals surface area contributed by atoms with Gasteiger partial charge in [0.25, 0.3) is 0 Å². The molecule has 1 amide bonds. The second kappa shape index (κ2) is 6.75. The van der Waals surface area contributed by atoms with E-state index in [1.807, 2.05) is 48.2 Å². The molecule has 26 heavy (non-hydrogen) atoms. The van der Waals surface area contributed by atoms with E-state index in [9.17, 15) is 4.79 Å². The quantitative estimate of drug-likeness (QED) is 0.712. The summed E-state index contributed by atoms with van der Waals surface area (Å²) in [7, 11) is 0. The van der Waals surface area contributed by atoms with Crippen LogP contribution in [-0.2, 0) is 11.2 Å². The number of rotatable bonds is 4. The zero-order valence-electron chi connectivity index (χ0n) is 15.0. The molecule has 0 radical (unpaired) electrons. The Morgan fingerprint density at radius 1 is 1.15 bits per heavy atom. The molecule has 0 aliphatic carbocycles. The largest absolute Gasteiger partial charge is 0.339 e. The van der Waals surface area contributed by atoms with E-state index in [1.165, 1.54) is 5.56 Å². The first kappa shape index (κ1) is 16.5. The minimum Gasteiger partial charge on any atom is -0.339 e. The van der Waals surface area contributed by atoms with Crippen LogP contribution in [0.25, 0.3) is 11.4 Å². The molecule has 5 nitrogen and oxygen atoms in total. The first-order valence-corrected chi connectivity index (χ1v) is 8.94. The molecule has 0 saturated carbocycles. The molecule has 1 aliphatic rings. The highest BCUT2D eigenvalue weighted by Gasteiger charge is 2.35. The van der Waals surface area contributed by atoms with Crippen molar-refractivity contribution in [1.82, 2.24) is 10.1 Å². The van der Waals surface area contributed by atoms with Crippen LogP contribution < -0.4 is 4.90 Å². The van der Waals surface area contributed by atoms with Crippen molar-refractivity contribution in [2.45, 2.75) is 32.6 Å². The van der Waals surface area contributed by atoms with Gasteiger partial charge in [0.2, 0.25) is 17.6 Å². The smallest absolute Gasteiger partial charge is 0.232 e. The van der Waals surface area contributed by atoms with Gasteiger partial charge in [-0.1, -0.05) is 48.5 Å². The maximum atomic E-state index is 12.5. The van der Waals surface area contributed by atoms with Crippen LogP contribution in [-0.4, -0.2) is 22.6 Å². The molecule has 1 fully saturated rings. The second-order valence-electron chi connectivity index (χ2n) is 6.70. The van der Waals surface area contributed by atoms with Crippen LogP contribution in [0.3, 0.4) is 0 Å². The predicted molar refractivity (Wildman–Crippen MR) is 100 cm³/mol. The highest BCUT2D eigenvalue weighted by Crippen LogP contribution is 2.32. The van der Waals surface area contributed by atoms with Gasteiger partial charge < -0.3 is 9.42 Å². The van der Waals surface area contributed by atoms with Gasteiger partial charge in [-0.25, -0.2) is 0 Å². The number of hydrogen-bond donors (Lipinski definition) is 0. The molecule has 0 unspecified atom stereocenters. The Hall–Kier alpha value is -2.95. The topological polar surface area (TPSA) is 59.2 Å². The summed E-state index contributed by atoms with van der Waals surface area (Å²) in [5, 5.41) is 4.12. The number of nitrogens with zero attached hydrogens (tertiary/aromatic N) is 3. The summed E-state index contributed by atoms with van der Waals surface area (Å²) >= 11 is 0. The zero-order chi connectivity index (χ0) is 18.1. The van der Waals surface area contributed by atoms with Gasteiger partial charge in [0.1, 0.15) is 0 Å². The number of carbonyl (C=O) groups is 1. The minimum atomic E-state index is -0.0707. The number of benzene rings is 2. The molecule has 1 aliphatic heterocycles. The summed E-state index contributed by atoms with van der Waals surface area (Å²) in [6.07, 6.45) is 1.38. The van der Waals surface area contributed by atoms with E-state index in [0.717, 1.165) is 23.2 Å². The molecular formula is C21H21N3O2. The van der Waals surface area contributed by atoms with E-state index in [2.05, 4.69) is 29.2 Å². The molecule has 2 aromatic carbocycles. The standard InChI is InChI=1S/C21H21N3O2/c1-3-15-8-10-17(11-9-15)24-13-16(12-19(24)25)21-22-20(23-26-21)18-7-5-4-6-14(18)2/h4-11,16H,3,12-13H2,1-2H3/t16-/m1/s1. The summed E-state index contributed by atoms with van der Waals surface area (Å²) in [6.45, 7) is 4.71. The van der Waals surface area contributed by atoms with Gasteiger partial charge in [0, 0.05) is 24.2 Å². The lowest BCUT2D eigenvalue weighted by Crippen LogP contribution is -2.24. The first-order chi connectivity index (χ1) is 12.7. The van der Waals surface area contributed by atoms with Gasteiger partial charge in [-0.2, -0.15) is 4.98 Å². The number of aryl methyl sites for hydroxylation is 2. The molecule has 1 aromatic heterocycles. The lowest BCUT2D eigenvalue weighted by Gasteiger charge is -2.16. The Bertz CT molecular complexity index is 930. The van der Waals surface area contributed by atoms with Gasteiger partial charge in [-0.15, -0.1) is 0 Å². The monoisotopic (exact) mass is 347 g/mol. The van der Waals surface area contributed by atoms with Crippen LogP contribution in [0.2, 0.25) is 0 Å². The molecule has 1 atom stereocenters. The summed E-state index contributed by atoms with van der Waals surface area (Å²) < 4.78 is 5.49. The average Bonchev–Trinajstić information content (AvgIpc) is 3.29. The zero-order valence-corrected chi connectivity index (χ0v) is 15.0. The molecule has 5 heteroatoms. The Morgan fingerprint density at radius 3 is 2.65 bits per heavy atom.